The molecule has 186 valence electrons. The number of hydrogen-bond donors (Lipinski definition) is 0. The van der Waals surface area contributed by atoms with E-state index in [1.165, 1.54) is 24.3 Å². The van der Waals surface area contributed by atoms with Gasteiger partial charge < -0.3 is 9.64 Å². The van der Waals surface area contributed by atoms with Crippen LogP contribution in [-0.2, 0) is 14.8 Å². The second-order valence-electron chi connectivity index (χ2n) is 8.13. The van der Waals surface area contributed by atoms with Crippen molar-refractivity contribution in [2.75, 3.05) is 20.2 Å². The Morgan fingerprint density at radius 2 is 1.83 bits per heavy atom. The summed E-state index contributed by atoms with van der Waals surface area (Å²) in [6.07, 6.45) is 3.04. The number of benzene rings is 2. The number of likely N-dealkylation sites (tertiary alicyclic amines) is 1. The summed E-state index contributed by atoms with van der Waals surface area (Å²) < 4.78 is 32.6. The first-order chi connectivity index (χ1) is 16.5. The molecule has 1 fully saturated rings. The van der Waals surface area contributed by atoms with E-state index in [1.807, 2.05) is 0 Å². The lowest BCUT2D eigenvalue weighted by Gasteiger charge is -2.34. The molecule has 12 heteroatoms. The van der Waals surface area contributed by atoms with Gasteiger partial charge in [-0.3, -0.25) is 9.59 Å². The highest BCUT2D eigenvalue weighted by atomic mass is 79.9. The normalized spacial score (nSPS) is 15.4. The highest BCUT2D eigenvalue weighted by molar-refractivity contribution is 9.10. The Labute approximate surface area is 226 Å². The lowest BCUT2D eigenvalue weighted by Crippen LogP contribution is -2.43. The number of rotatable bonds is 5. The molecule has 0 radical (unpaired) electrons. The van der Waals surface area contributed by atoms with Crippen LogP contribution in [0.2, 0.25) is 0 Å². The molecule has 0 atom stereocenters. The largest absolute Gasteiger partial charge is 0.496 e. The number of methoxy groups -OCH3 is 1. The molecule has 1 aromatic heterocycles. The molecule has 0 saturated carbocycles. The van der Waals surface area contributed by atoms with Crippen LogP contribution in [0.3, 0.4) is 0 Å². The Balaban J connectivity index is 1.71. The van der Waals surface area contributed by atoms with Crippen LogP contribution in [0.5, 0.6) is 5.75 Å². The summed E-state index contributed by atoms with van der Waals surface area (Å²) in [6, 6.07) is 9.78. The Hall–Kier alpha value is -1.78. The molecule has 7 nitrogen and oxygen atoms in total. The van der Waals surface area contributed by atoms with Crippen LogP contribution >= 0.6 is 50.7 Å². The molecule has 0 spiro atoms. The first-order valence-electron chi connectivity index (χ1n) is 10.5. The Morgan fingerprint density at radius 3 is 2.43 bits per heavy atom. The van der Waals surface area contributed by atoms with Crippen LogP contribution < -0.4 is 4.74 Å². The number of hydrogen-bond acceptors (Lipinski definition) is 5. The number of aromatic nitrogens is 1. The molecule has 1 aliphatic rings. The number of aldehydes is 1. The number of halogens is 4. The van der Waals surface area contributed by atoms with E-state index in [0.717, 1.165) is 3.97 Å². The topological polar surface area (TPSA) is 85.7 Å². The van der Waals surface area contributed by atoms with E-state index in [-0.39, 0.29) is 16.4 Å². The van der Waals surface area contributed by atoms with Crippen molar-refractivity contribution in [2.45, 2.75) is 27.4 Å². The number of ether oxygens (including phenoxy) is 1. The SMILES string of the molecule is COc1ccc(S(=O)(=O)n2cc(C=O)c3ccc(Br)cc32)cc1C1CCN(C(=O)C(Cl)(Cl)Cl)CC1. The molecular weight excluding hydrogens is 603 g/mol. The molecule has 3 aromatic rings. The number of carbonyl (C=O) groups is 2. The highest BCUT2D eigenvalue weighted by Crippen LogP contribution is 2.38. The average molecular weight is 623 g/mol. The number of fused-ring (bicyclic) bond motifs is 1. The van der Waals surface area contributed by atoms with Gasteiger partial charge in [-0.05, 0) is 54.7 Å². The van der Waals surface area contributed by atoms with Gasteiger partial charge in [0.1, 0.15) is 5.75 Å². The molecule has 1 amide bonds. The van der Waals surface area contributed by atoms with Gasteiger partial charge in [0.15, 0.2) is 6.29 Å². The third-order valence-corrected chi connectivity index (χ3v) is 8.76. The molecule has 0 bridgehead atoms. The predicted octanol–water partition coefficient (Wildman–Crippen LogP) is 5.54. The van der Waals surface area contributed by atoms with E-state index < -0.39 is 19.7 Å². The Bertz CT molecular complexity index is 1410. The first-order valence-corrected chi connectivity index (χ1v) is 13.9. The van der Waals surface area contributed by atoms with Gasteiger partial charge in [-0.1, -0.05) is 56.8 Å². The standard InChI is InChI=1S/C23H20BrCl3N2O5S/c1-34-21-5-3-17(11-19(21)14-6-8-28(9-7-14)22(31)23(25,26)27)35(32,33)29-12-15(13-30)18-4-2-16(24)10-20(18)29/h2-5,10-14H,6-9H2,1H3. The fourth-order valence-electron chi connectivity index (χ4n) is 4.37. The van der Waals surface area contributed by atoms with Crippen molar-refractivity contribution < 1.29 is 22.7 Å². The summed E-state index contributed by atoms with van der Waals surface area (Å²) in [5, 5.41) is 0.534. The summed E-state index contributed by atoms with van der Waals surface area (Å²) in [5.41, 5.74) is 1.37. The third-order valence-electron chi connectivity index (χ3n) is 6.11. The molecule has 0 aliphatic carbocycles. The zero-order valence-corrected chi connectivity index (χ0v) is 23.1. The van der Waals surface area contributed by atoms with Gasteiger partial charge in [-0.15, -0.1) is 0 Å². The minimum absolute atomic E-state index is 0.0578. The first kappa shape index (κ1) is 26.3. The van der Waals surface area contributed by atoms with Crippen molar-refractivity contribution in [3.63, 3.8) is 0 Å². The maximum atomic E-state index is 13.7. The molecule has 2 aromatic carbocycles. The molecule has 0 unspecified atom stereocenters. The number of carbonyl (C=O) groups excluding carboxylic acids is 2. The third kappa shape index (κ3) is 5.06. The second-order valence-corrected chi connectivity index (χ2v) is 13.1. The molecular formula is C23H20BrCl3N2O5S. The van der Waals surface area contributed by atoms with Crippen molar-refractivity contribution in [3.05, 3.63) is 58.2 Å². The van der Waals surface area contributed by atoms with Crippen molar-refractivity contribution in [2.24, 2.45) is 0 Å². The quantitative estimate of drug-likeness (QED) is 0.276. The monoisotopic (exact) mass is 620 g/mol. The number of alkyl halides is 3. The zero-order valence-electron chi connectivity index (χ0n) is 18.4. The van der Waals surface area contributed by atoms with Gasteiger partial charge in [-0.2, -0.15) is 0 Å². The van der Waals surface area contributed by atoms with Crippen LogP contribution in [0, 0.1) is 0 Å². The summed E-state index contributed by atoms with van der Waals surface area (Å²) in [5.74, 6) is -0.106. The molecule has 35 heavy (non-hydrogen) atoms. The molecule has 2 heterocycles. The van der Waals surface area contributed by atoms with E-state index in [9.17, 15) is 18.0 Å². The van der Waals surface area contributed by atoms with Crippen molar-refractivity contribution >= 4 is 83.9 Å². The molecule has 4 rings (SSSR count). The van der Waals surface area contributed by atoms with Crippen LogP contribution in [0.1, 0.15) is 34.7 Å². The molecule has 0 N–H and O–H groups in total. The lowest BCUT2D eigenvalue weighted by molar-refractivity contribution is -0.131. The summed E-state index contributed by atoms with van der Waals surface area (Å²) >= 11 is 20.6. The summed E-state index contributed by atoms with van der Waals surface area (Å²) in [6.45, 7) is 0.715. The lowest BCUT2D eigenvalue weighted by atomic mass is 9.89. The average Bonchev–Trinajstić information content (AvgIpc) is 3.21. The zero-order chi connectivity index (χ0) is 25.5. The smallest absolute Gasteiger partial charge is 0.274 e. The van der Waals surface area contributed by atoms with Crippen molar-refractivity contribution in [3.8, 4) is 5.75 Å². The predicted molar refractivity (Wildman–Crippen MR) is 139 cm³/mol. The Morgan fingerprint density at radius 1 is 1.14 bits per heavy atom. The van der Waals surface area contributed by atoms with E-state index in [4.69, 9.17) is 39.5 Å². The number of nitrogens with zero attached hydrogens (tertiary/aromatic N) is 2. The van der Waals surface area contributed by atoms with Crippen molar-refractivity contribution in [1.29, 1.82) is 0 Å². The van der Waals surface area contributed by atoms with Gasteiger partial charge in [0.05, 0.1) is 17.5 Å². The maximum absolute atomic E-state index is 13.7. The molecule has 1 saturated heterocycles. The fraction of sp³-hybridized carbons (Fsp3) is 0.304. The summed E-state index contributed by atoms with van der Waals surface area (Å²) in [4.78, 5) is 25.4. The van der Waals surface area contributed by atoms with Crippen LogP contribution in [0.15, 0.2) is 52.0 Å². The van der Waals surface area contributed by atoms with Gasteiger partial charge in [-0.25, -0.2) is 12.4 Å². The van der Waals surface area contributed by atoms with Gasteiger partial charge in [0.25, 0.3) is 19.7 Å². The van der Waals surface area contributed by atoms with E-state index in [1.54, 1.807) is 30.3 Å². The van der Waals surface area contributed by atoms with Crippen molar-refractivity contribution in [1.82, 2.24) is 8.87 Å². The van der Waals surface area contributed by atoms with Gasteiger partial charge in [0, 0.05) is 34.7 Å². The van der Waals surface area contributed by atoms with E-state index >= 15 is 0 Å². The molecule has 1 aliphatic heterocycles. The van der Waals surface area contributed by atoms with E-state index in [2.05, 4.69) is 15.9 Å². The van der Waals surface area contributed by atoms with E-state index in [0.29, 0.717) is 58.9 Å². The number of piperidine rings is 1. The van der Waals surface area contributed by atoms with Crippen LogP contribution in [0.25, 0.3) is 10.9 Å². The van der Waals surface area contributed by atoms with Gasteiger partial charge in [0.2, 0.25) is 0 Å². The second kappa shape index (κ2) is 9.94. The summed E-state index contributed by atoms with van der Waals surface area (Å²) in [7, 11) is -2.52. The minimum atomic E-state index is -4.04. The van der Waals surface area contributed by atoms with Gasteiger partial charge >= 0.3 is 0 Å². The van der Waals surface area contributed by atoms with Crippen LogP contribution in [0.4, 0.5) is 0 Å². The van der Waals surface area contributed by atoms with Crippen LogP contribution in [-0.4, -0.2) is 53.5 Å². The fourth-order valence-corrected chi connectivity index (χ4v) is 6.48. The minimum Gasteiger partial charge on any atom is -0.496 e. The Kier molecular flexibility index (Phi) is 7.46. The highest BCUT2D eigenvalue weighted by Gasteiger charge is 2.37. The maximum Gasteiger partial charge on any atom is 0.274 e. The number of amides is 1.